The summed E-state index contributed by atoms with van der Waals surface area (Å²) in [6.07, 6.45) is 3.45. The maximum Gasteiger partial charge on any atom is 0.0850 e. The van der Waals surface area contributed by atoms with Gasteiger partial charge in [0.15, 0.2) is 0 Å². The number of para-hydroxylation sites is 1. The number of hydrogen-bond acceptors (Lipinski definition) is 3. The van der Waals surface area contributed by atoms with Crippen LogP contribution in [-0.4, -0.2) is 19.3 Å². The van der Waals surface area contributed by atoms with Crippen LogP contribution < -0.4 is 11.1 Å². The molecule has 0 heterocycles. The smallest absolute Gasteiger partial charge is 0.0850 e. The molecule has 0 saturated heterocycles. The Morgan fingerprint density at radius 2 is 2.25 bits per heavy atom. The number of benzene rings is 1. The van der Waals surface area contributed by atoms with Gasteiger partial charge in [0.1, 0.15) is 0 Å². The second-order valence-electron chi connectivity index (χ2n) is 4.30. The van der Waals surface area contributed by atoms with Gasteiger partial charge < -0.3 is 15.8 Å². The number of anilines is 2. The van der Waals surface area contributed by atoms with E-state index in [1.165, 1.54) is 6.42 Å². The van der Waals surface area contributed by atoms with Gasteiger partial charge in [-0.1, -0.05) is 17.7 Å². The van der Waals surface area contributed by atoms with Gasteiger partial charge in [-0.25, -0.2) is 0 Å². The second-order valence-corrected chi connectivity index (χ2v) is 4.70. The molecule has 1 aromatic carbocycles. The minimum atomic E-state index is -0.00520. The highest BCUT2D eigenvalue weighted by Crippen LogP contribution is 2.36. The molecule has 0 atom stereocenters. The maximum atomic E-state index is 5.95. The highest BCUT2D eigenvalue weighted by molar-refractivity contribution is 6.33. The van der Waals surface area contributed by atoms with E-state index in [1.807, 2.05) is 12.1 Å². The number of halogens is 1. The number of ether oxygens (including phenoxy) is 1. The Hall–Kier alpha value is -0.930. The van der Waals surface area contributed by atoms with Crippen LogP contribution in [0.25, 0.3) is 0 Å². The fourth-order valence-electron chi connectivity index (χ4n) is 1.97. The van der Waals surface area contributed by atoms with Gasteiger partial charge in [-0.3, -0.25) is 0 Å². The normalized spacial score (nSPS) is 17.9. The van der Waals surface area contributed by atoms with Crippen LogP contribution in [0.1, 0.15) is 19.3 Å². The van der Waals surface area contributed by atoms with Gasteiger partial charge in [-0.15, -0.1) is 0 Å². The molecular weight excluding hydrogens is 224 g/mol. The maximum absolute atomic E-state index is 5.95. The summed E-state index contributed by atoms with van der Waals surface area (Å²) in [5, 5.41) is 3.90. The minimum absolute atomic E-state index is 0.00520. The monoisotopic (exact) mass is 240 g/mol. The standard InChI is InChI=1S/C12H17ClN2O/c1-16-12(6-3-7-12)8-15-10-5-2-4-9(13)11(10)14/h2,4-5,15H,3,6-8,14H2,1H3. The third kappa shape index (κ3) is 2.11. The van der Waals surface area contributed by atoms with Crippen LogP contribution in [-0.2, 0) is 4.74 Å². The summed E-state index contributed by atoms with van der Waals surface area (Å²) in [4.78, 5) is 0. The summed E-state index contributed by atoms with van der Waals surface area (Å²) in [6.45, 7) is 0.786. The van der Waals surface area contributed by atoms with E-state index >= 15 is 0 Å². The Morgan fingerprint density at radius 3 is 2.81 bits per heavy atom. The Bertz CT molecular complexity index is 372. The Balaban J connectivity index is 2.02. The largest absolute Gasteiger partial charge is 0.396 e. The first-order valence-electron chi connectivity index (χ1n) is 5.50. The van der Waals surface area contributed by atoms with E-state index in [9.17, 15) is 0 Å². The van der Waals surface area contributed by atoms with Crippen LogP contribution >= 0.6 is 11.6 Å². The van der Waals surface area contributed by atoms with E-state index in [2.05, 4.69) is 5.32 Å². The third-order valence-electron chi connectivity index (χ3n) is 3.35. The van der Waals surface area contributed by atoms with Crippen LogP contribution in [0.4, 0.5) is 11.4 Å². The average molecular weight is 241 g/mol. The molecule has 0 bridgehead atoms. The topological polar surface area (TPSA) is 47.3 Å². The molecule has 0 amide bonds. The molecule has 4 heteroatoms. The molecule has 2 rings (SSSR count). The lowest BCUT2D eigenvalue weighted by Crippen LogP contribution is -2.45. The minimum Gasteiger partial charge on any atom is -0.396 e. The molecule has 1 aromatic rings. The fourth-order valence-corrected chi connectivity index (χ4v) is 2.15. The summed E-state index contributed by atoms with van der Waals surface area (Å²) >= 11 is 5.95. The van der Waals surface area contributed by atoms with E-state index in [1.54, 1.807) is 13.2 Å². The lowest BCUT2D eigenvalue weighted by Gasteiger charge is -2.40. The van der Waals surface area contributed by atoms with Crippen LogP contribution in [0.2, 0.25) is 5.02 Å². The Kier molecular flexibility index (Phi) is 3.26. The SMILES string of the molecule is COC1(CNc2cccc(Cl)c2N)CCC1. The molecule has 0 spiro atoms. The predicted molar refractivity (Wildman–Crippen MR) is 67.9 cm³/mol. The summed E-state index contributed by atoms with van der Waals surface area (Å²) in [5.41, 5.74) is 7.36. The first kappa shape index (κ1) is 11.6. The summed E-state index contributed by atoms with van der Waals surface area (Å²) in [7, 11) is 1.77. The molecule has 16 heavy (non-hydrogen) atoms. The lowest BCUT2D eigenvalue weighted by molar-refractivity contribution is -0.0601. The van der Waals surface area contributed by atoms with Crippen molar-refractivity contribution in [2.75, 3.05) is 24.7 Å². The van der Waals surface area contributed by atoms with Crippen molar-refractivity contribution in [1.29, 1.82) is 0 Å². The molecular formula is C12H17ClN2O. The van der Waals surface area contributed by atoms with Crippen molar-refractivity contribution in [2.24, 2.45) is 0 Å². The van der Waals surface area contributed by atoms with Crippen molar-refractivity contribution >= 4 is 23.0 Å². The molecule has 3 N–H and O–H groups in total. The number of rotatable bonds is 4. The number of nitrogens with one attached hydrogen (secondary N) is 1. The zero-order chi connectivity index (χ0) is 11.6. The number of methoxy groups -OCH3 is 1. The second kappa shape index (κ2) is 4.52. The molecule has 0 unspecified atom stereocenters. The zero-order valence-corrected chi connectivity index (χ0v) is 10.2. The van der Waals surface area contributed by atoms with Crippen molar-refractivity contribution in [1.82, 2.24) is 0 Å². The molecule has 88 valence electrons. The molecule has 0 aliphatic heterocycles. The van der Waals surface area contributed by atoms with E-state index in [0.29, 0.717) is 10.7 Å². The van der Waals surface area contributed by atoms with Crippen molar-refractivity contribution in [2.45, 2.75) is 24.9 Å². The molecule has 0 aromatic heterocycles. The van der Waals surface area contributed by atoms with Crippen LogP contribution in [0.5, 0.6) is 0 Å². The first-order chi connectivity index (χ1) is 7.67. The highest BCUT2D eigenvalue weighted by atomic mass is 35.5. The summed E-state index contributed by atoms with van der Waals surface area (Å²) < 4.78 is 5.53. The molecule has 1 saturated carbocycles. The van der Waals surface area contributed by atoms with Gasteiger partial charge in [-0.2, -0.15) is 0 Å². The third-order valence-corrected chi connectivity index (χ3v) is 3.68. The van der Waals surface area contributed by atoms with Crippen molar-refractivity contribution < 1.29 is 4.74 Å². The van der Waals surface area contributed by atoms with E-state index in [4.69, 9.17) is 22.1 Å². The Labute approximate surface area is 101 Å². The summed E-state index contributed by atoms with van der Waals surface area (Å²) in [6, 6.07) is 5.61. The highest BCUT2D eigenvalue weighted by Gasteiger charge is 2.36. The van der Waals surface area contributed by atoms with Gasteiger partial charge >= 0.3 is 0 Å². The first-order valence-corrected chi connectivity index (χ1v) is 5.88. The molecule has 1 aliphatic carbocycles. The van der Waals surface area contributed by atoms with Gasteiger partial charge in [0.2, 0.25) is 0 Å². The number of nitrogens with two attached hydrogens (primary N) is 1. The average Bonchev–Trinajstić information content (AvgIpc) is 2.23. The molecule has 0 radical (unpaired) electrons. The zero-order valence-electron chi connectivity index (χ0n) is 9.42. The van der Waals surface area contributed by atoms with Gasteiger partial charge in [0, 0.05) is 13.7 Å². The fraction of sp³-hybridized carbons (Fsp3) is 0.500. The van der Waals surface area contributed by atoms with Crippen molar-refractivity contribution in [3.05, 3.63) is 23.2 Å². The van der Waals surface area contributed by atoms with Crippen molar-refractivity contribution in [3.63, 3.8) is 0 Å². The van der Waals surface area contributed by atoms with Gasteiger partial charge in [-0.05, 0) is 31.4 Å². The molecule has 3 nitrogen and oxygen atoms in total. The quantitative estimate of drug-likeness (QED) is 0.796. The van der Waals surface area contributed by atoms with Gasteiger partial charge in [0.25, 0.3) is 0 Å². The number of nitrogen functional groups attached to an aromatic ring is 1. The molecule has 1 fully saturated rings. The van der Waals surface area contributed by atoms with Gasteiger partial charge in [0.05, 0.1) is 22.0 Å². The molecule has 1 aliphatic rings. The summed E-state index contributed by atoms with van der Waals surface area (Å²) in [5.74, 6) is 0. The van der Waals surface area contributed by atoms with E-state index < -0.39 is 0 Å². The van der Waals surface area contributed by atoms with E-state index in [0.717, 1.165) is 25.1 Å². The van der Waals surface area contributed by atoms with Crippen LogP contribution in [0.3, 0.4) is 0 Å². The van der Waals surface area contributed by atoms with Crippen molar-refractivity contribution in [3.8, 4) is 0 Å². The lowest BCUT2D eigenvalue weighted by atomic mass is 9.80. The van der Waals surface area contributed by atoms with Crippen LogP contribution in [0.15, 0.2) is 18.2 Å². The predicted octanol–water partition coefficient (Wildman–Crippen LogP) is 2.90. The Morgan fingerprint density at radius 1 is 1.50 bits per heavy atom. The van der Waals surface area contributed by atoms with E-state index in [-0.39, 0.29) is 5.60 Å². The van der Waals surface area contributed by atoms with Crippen LogP contribution in [0, 0.1) is 0 Å². The number of hydrogen-bond donors (Lipinski definition) is 2.